The molecule has 1 aliphatic rings. The first-order valence-electron chi connectivity index (χ1n) is 10.1. The minimum absolute atomic E-state index is 0.0164. The van der Waals surface area contributed by atoms with Crippen molar-refractivity contribution in [1.29, 1.82) is 0 Å². The van der Waals surface area contributed by atoms with Gasteiger partial charge in [-0.2, -0.15) is 0 Å². The Labute approximate surface area is 197 Å². The number of nitrogens with zero attached hydrogens (tertiary/aromatic N) is 2. The summed E-state index contributed by atoms with van der Waals surface area (Å²) >= 11 is 7.42. The number of ether oxygens (including phenoxy) is 2. The SMILES string of the molecule is COCCN1C(=O)C(CC(=O)Nc2ccc(OC)c(Cl)c2)SC1=Nc1ccc(C)c(C)c1. The highest BCUT2D eigenvalue weighted by molar-refractivity contribution is 8.15. The molecular weight excluding hydrogens is 450 g/mol. The zero-order valence-corrected chi connectivity index (χ0v) is 20.0. The molecule has 1 N–H and O–H groups in total. The van der Waals surface area contributed by atoms with Crippen LogP contribution in [0, 0.1) is 13.8 Å². The quantitative estimate of drug-likeness (QED) is 0.604. The fourth-order valence-electron chi connectivity index (χ4n) is 3.14. The van der Waals surface area contributed by atoms with Crippen molar-refractivity contribution in [1.82, 2.24) is 4.90 Å². The molecule has 2 amide bonds. The van der Waals surface area contributed by atoms with Gasteiger partial charge in [0.1, 0.15) is 11.0 Å². The lowest BCUT2D eigenvalue weighted by molar-refractivity contribution is -0.128. The van der Waals surface area contributed by atoms with Crippen LogP contribution in [0.15, 0.2) is 41.4 Å². The predicted molar refractivity (Wildman–Crippen MR) is 129 cm³/mol. The van der Waals surface area contributed by atoms with Gasteiger partial charge < -0.3 is 14.8 Å². The Morgan fingerprint density at radius 1 is 1.19 bits per heavy atom. The summed E-state index contributed by atoms with van der Waals surface area (Å²) in [7, 11) is 3.10. The smallest absolute Gasteiger partial charge is 0.242 e. The lowest BCUT2D eigenvalue weighted by atomic mass is 10.1. The van der Waals surface area contributed by atoms with E-state index >= 15 is 0 Å². The highest BCUT2D eigenvalue weighted by atomic mass is 35.5. The van der Waals surface area contributed by atoms with E-state index in [0.29, 0.717) is 34.8 Å². The molecule has 0 spiro atoms. The molecule has 9 heteroatoms. The third kappa shape index (κ3) is 5.82. The number of rotatable bonds is 8. The number of anilines is 1. The van der Waals surface area contributed by atoms with Crippen LogP contribution in [0.4, 0.5) is 11.4 Å². The number of aryl methyl sites for hydroxylation is 2. The van der Waals surface area contributed by atoms with Gasteiger partial charge in [-0.1, -0.05) is 29.4 Å². The van der Waals surface area contributed by atoms with Gasteiger partial charge in [0.25, 0.3) is 0 Å². The minimum Gasteiger partial charge on any atom is -0.495 e. The molecule has 0 saturated carbocycles. The molecular formula is C23H26ClN3O4S. The number of amidine groups is 1. The van der Waals surface area contributed by atoms with Crippen LogP contribution in [0.5, 0.6) is 5.75 Å². The molecule has 0 aromatic heterocycles. The number of benzene rings is 2. The zero-order valence-electron chi connectivity index (χ0n) is 18.5. The topological polar surface area (TPSA) is 80.2 Å². The van der Waals surface area contributed by atoms with Crippen molar-refractivity contribution in [3.8, 4) is 5.75 Å². The Morgan fingerprint density at radius 2 is 1.97 bits per heavy atom. The van der Waals surface area contributed by atoms with Gasteiger partial charge in [0.2, 0.25) is 11.8 Å². The summed E-state index contributed by atoms with van der Waals surface area (Å²) in [5.41, 5.74) is 3.60. The summed E-state index contributed by atoms with van der Waals surface area (Å²) in [4.78, 5) is 31.9. The summed E-state index contributed by atoms with van der Waals surface area (Å²) in [5, 5.41) is 3.19. The van der Waals surface area contributed by atoms with Crippen LogP contribution >= 0.6 is 23.4 Å². The molecule has 7 nitrogen and oxygen atoms in total. The molecule has 2 aromatic rings. The molecule has 170 valence electrons. The number of carbonyl (C=O) groups is 2. The van der Waals surface area contributed by atoms with E-state index in [2.05, 4.69) is 10.3 Å². The van der Waals surface area contributed by atoms with Crippen LogP contribution in [0.3, 0.4) is 0 Å². The van der Waals surface area contributed by atoms with Crippen molar-refractivity contribution in [3.05, 3.63) is 52.5 Å². The van der Waals surface area contributed by atoms with Crippen molar-refractivity contribution in [2.24, 2.45) is 4.99 Å². The summed E-state index contributed by atoms with van der Waals surface area (Å²) in [5.74, 6) is 0.0842. The Balaban J connectivity index is 1.74. The number of amides is 2. The fourth-order valence-corrected chi connectivity index (χ4v) is 4.59. The Bertz CT molecular complexity index is 1040. The van der Waals surface area contributed by atoms with Gasteiger partial charge in [0.05, 0.1) is 31.0 Å². The standard InChI is InChI=1S/C23H26ClN3O4S/c1-14-5-6-16(11-15(14)2)26-23-27(9-10-30-3)22(29)20(32-23)13-21(28)25-17-7-8-19(31-4)18(24)12-17/h5-8,11-12,20H,9-10,13H2,1-4H3,(H,25,28). The van der Waals surface area contributed by atoms with Crippen molar-refractivity contribution in [3.63, 3.8) is 0 Å². The van der Waals surface area contributed by atoms with Crippen molar-refractivity contribution in [2.45, 2.75) is 25.5 Å². The highest BCUT2D eigenvalue weighted by Gasteiger charge is 2.39. The Hall–Kier alpha value is -2.55. The van der Waals surface area contributed by atoms with Gasteiger partial charge in [0.15, 0.2) is 5.17 Å². The monoisotopic (exact) mass is 475 g/mol. The number of aliphatic imine (C=N–C) groups is 1. The van der Waals surface area contributed by atoms with E-state index in [1.165, 1.54) is 24.4 Å². The zero-order chi connectivity index (χ0) is 23.3. The van der Waals surface area contributed by atoms with Crippen molar-refractivity contribution in [2.75, 3.05) is 32.7 Å². The van der Waals surface area contributed by atoms with Crippen LogP contribution in [0.2, 0.25) is 5.02 Å². The van der Waals surface area contributed by atoms with E-state index in [9.17, 15) is 9.59 Å². The fraction of sp³-hybridized carbons (Fsp3) is 0.348. The average Bonchev–Trinajstić information content (AvgIpc) is 3.03. The second-order valence-electron chi connectivity index (χ2n) is 7.35. The van der Waals surface area contributed by atoms with Crippen molar-refractivity contribution < 1.29 is 19.1 Å². The third-order valence-corrected chi connectivity index (χ3v) is 6.53. The summed E-state index contributed by atoms with van der Waals surface area (Å²) in [6.07, 6.45) is 0.0164. The first kappa shape index (κ1) is 24.1. The maximum atomic E-state index is 13.0. The normalized spacial score (nSPS) is 17.2. The molecule has 32 heavy (non-hydrogen) atoms. The van der Waals surface area contributed by atoms with E-state index in [1.54, 1.807) is 30.2 Å². The van der Waals surface area contributed by atoms with E-state index in [-0.39, 0.29) is 18.2 Å². The third-order valence-electron chi connectivity index (χ3n) is 5.06. The lowest BCUT2D eigenvalue weighted by Gasteiger charge is -2.16. The Kier molecular flexibility index (Phi) is 8.17. The largest absolute Gasteiger partial charge is 0.495 e. The number of halogens is 1. The molecule has 1 fully saturated rings. The highest BCUT2D eigenvalue weighted by Crippen LogP contribution is 2.33. The van der Waals surface area contributed by atoms with Gasteiger partial charge in [-0.15, -0.1) is 0 Å². The molecule has 2 aromatic carbocycles. The second kappa shape index (κ2) is 10.8. The molecule has 1 saturated heterocycles. The van der Waals surface area contributed by atoms with Gasteiger partial charge >= 0.3 is 0 Å². The molecule has 3 rings (SSSR count). The van der Waals surface area contributed by atoms with Gasteiger partial charge in [-0.25, -0.2) is 4.99 Å². The first-order valence-corrected chi connectivity index (χ1v) is 11.3. The van der Waals surface area contributed by atoms with Crippen LogP contribution in [-0.4, -0.2) is 54.5 Å². The maximum Gasteiger partial charge on any atom is 0.242 e. The number of carbonyl (C=O) groups excluding carboxylic acids is 2. The number of nitrogens with one attached hydrogen (secondary N) is 1. The second-order valence-corrected chi connectivity index (χ2v) is 8.93. The van der Waals surface area contributed by atoms with Crippen LogP contribution < -0.4 is 10.1 Å². The summed E-state index contributed by atoms with van der Waals surface area (Å²) in [6, 6.07) is 10.9. The molecule has 1 atom stereocenters. The number of hydrogen-bond acceptors (Lipinski definition) is 6. The summed E-state index contributed by atoms with van der Waals surface area (Å²) < 4.78 is 10.3. The molecule has 0 radical (unpaired) electrons. The molecule has 1 heterocycles. The number of thioether (sulfide) groups is 1. The maximum absolute atomic E-state index is 13.0. The van der Waals surface area contributed by atoms with Gasteiger partial charge in [0, 0.05) is 19.2 Å². The number of methoxy groups -OCH3 is 2. The molecule has 0 bridgehead atoms. The van der Waals surface area contributed by atoms with E-state index in [0.717, 1.165) is 11.3 Å². The van der Waals surface area contributed by atoms with E-state index < -0.39 is 5.25 Å². The molecule has 1 unspecified atom stereocenters. The van der Waals surface area contributed by atoms with E-state index in [1.807, 2.05) is 32.0 Å². The van der Waals surface area contributed by atoms with Crippen LogP contribution in [0.1, 0.15) is 17.5 Å². The van der Waals surface area contributed by atoms with Gasteiger partial charge in [-0.05, 0) is 55.3 Å². The lowest BCUT2D eigenvalue weighted by Crippen LogP contribution is -2.35. The average molecular weight is 476 g/mol. The Morgan fingerprint density at radius 3 is 2.62 bits per heavy atom. The number of hydrogen-bond donors (Lipinski definition) is 1. The van der Waals surface area contributed by atoms with E-state index in [4.69, 9.17) is 21.1 Å². The van der Waals surface area contributed by atoms with Crippen LogP contribution in [0.25, 0.3) is 0 Å². The molecule has 0 aliphatic carbocycles. The first-order chi connectivity index (χ1) is 15.3. The summed E-state index contributed by atoms with van der Waals surface area (Å²) in [6.45, 7) is 4.81. The minimum atomic E-state index is -0.564. The van der Waals surface area contributed by atoms with Crippen molar-refractivity contribution >= 4 is 51.7 Å². The van der Waals surface area contributed by atoms with Crippen LogP contribution in [-0.2, 0) is 14.3 Å². The van der Waals surface area contributed by atoms with Gasteiger partial charge in [-0.3, -0.25) is 14.5 Å². The predicted octanol–water partition coefficient (Wildman–Crippen LogP) is 4.57. The molecule has 1 aliphatic heterocycles.